The summed E-state index contributed by atoms with van der Waals surface area (Å²) in [5.41, 5.74) is 2.18. The highest BCUT2D eigenvalue weighted by molar-refractivity contribution is 14.1. The van der Waals surface area contributed by atoms with Crippen molar-refractivity contribution in [2.24, 2.45) is 0 Å². The molecule has 3 nitrogen and oxygen atoms in total. The Bertz CT molecular complexity index is 802. The first-order valence-corrected chi connectivity index (χ1v) is 8.47. The normalized spacial score (nSPS) is 11.0. The number of benzene rings is 2. The third-order valence-electron chi connectivity index (χ3n) is 3.27. The van der Waals surface area contributed by atoms with Crippen LogP contribution < -0.4 is 4.74 Å². The molecule has 0 amide bonds. The van der Waals surface area contributed by atoms with Crippen LogP contribution in [0.2, 0.25) is 5.02 Å². The van der Waals surface area contributed by atoms with E-state index in [0.29, 0.717) is 6.54 Å². The van der Waals surface area contributed by atoms with Crippen LogP contribution >= 0.6 is 50.1 Å². The van der Waals surface area contributed by atoms with Gasteiger partial charge in [-0.25, -0.2) is 0 Å². The molecule has 0 N–H and O–H groups in total. The minimum absolute atomic E-state index is 0.691. The van der Waals surface area contributed by atoms with Crippen molar-refractivity contribution in [3.8, 4) is 5.75 Å². The molecule has 0 atom stereocenters. The average Bonchev–Trinajstić information content (AvgIpc) is 2.89. The van der Waals surface area contributed by atoms with Crippen LogP contribution in [0.25, 0.3) is 10.9 Å². The second kappa shape index (κ2) is 6.14. The molecule has 0 fully saturated rings. The summed E-state index contributed by atoms with van der Waals surface area (Å²) in [5, 5.41) is 6.26. The molecule has 21 heavy (non-hydrogen) atoms. The molecule has 3 rings (SSSR count). The van der Waals surface area contributed by atoms with Crippen LogP contribution in [0.4, 0.5) is 0 Å². The summed E-state index contributed by atoms with van der Waals surface area (Å²) in [5.74, 6) is 0.851. The highest BCUT2D eigenvalue weighted by Gasteiger charge is 2.12. The minimum Gasteiger partial charge on any atom is -0.497 e. The topological polar surface area (TPSA) is 27.1 Å². The first-order valence-electron chi connectivity index (χ1n) is 6.22. The molecule has 0 spiro atoms. The predicted molar refractivity (Wildman–Crippen MR) is 97.3 cm³/mol. The van der Waals surface area contributed by atoms with Crippen LogP contribution in [0.3, 0.4) is 0 Å². The number of ether oxygens (including phenoxy) is 1. The lowest BCUT2D eigenvalue weighted by Gasteiger charge is -2.07. The zero-order valence-corrected chi connectivity index (χ0v) is 15.6. The van der Waals surface area contributed by atoms with Gasteiger partial charge in [-0.1, -0.05) is 23.7 Å². The van der Waals surface area contributed by atoms with Gasteiger partial charge in [0.1, 0.15) is 5.75 Å². The van der Waals surface area contributed by atoms with E-state index in [1.807, 2.05) is 41.2 Å². The zero-order chi connectivity index (χ0) is 15.0. The fraction of sp³-hybridized carbons (Fsp3) is 0.133. The van der Waals surface area contributed by atoms with Crippen LogP contribution in [-0.2, 0) is 6.54 Å². The Hall–Kier alpha value is -0.790. The Morgan fingerprint density at radius 3 is 2.71 bits per heavy atom. The van der Waals surface area contributed by atoms with Gasteiger partial charge in [0.15, 0.2) is 0 Å². The van der Waals surface area contributed by atoms with E-state index in [1.54, 1.807) is 7.11 Å². The molecule has 6 heteroatoms. The van der Waals surface area contributed by atoms with Gasteiger partial charge < -0.3 is 4.74 Å². The molecule has 0 saturated carbocycles. The summed E-state index contributed by atoms with van der Waals surface area (Å²) >= 11 is 12.1. The Labute approximate surface area is 149 Å². The summed E-state index contributed by atoms with van der Waals surface area (Å²) < 4.78 is 9.12. The number of nitrogens with zero attached hydrogens (tertiary/aromatic N) is 2. The van der Waals surface area contributed by atoms with Gasteiger partial charge >= 0.3 is 0 Å². The summed E-state index contributed by atoms with van der Waals surface area (Å²) in [4.78, 5) is 0. The van der Waals surface area contributed by atoms with Gasteiger partial charge in [0.2, 0.25) is 0 Å². The van der Waals surface area contributed by atoms with Crippen molar-refractivity contribution in [1.29, 1.82) is 0 Å². The number of hydrogen-bond acceptors (Lipinski definition) is 2. The highest BCUT2D eigenvalue weighted by atomic mass is 127. The molecule has 0 aliphatic heterocycles. The lowest BCUT2D eigenvalue weighted by molar-refractivity contribution is 0.414. The maximum absolute atomic E-state index is 6.27. The van der Waals surface area contributed by atoms with Crippen LogP contribution in [0.15, 0.2) is 41.0 Å². The number of halogens is 3. The monoisotopic (exact) mass is 476 g/mol. The van der Waals surface area contributed by atoms with Crippen molar-refractivity contribution in [1.82, 2.24) is 9.78 Å². The van der Waals surface area contributed by atoms with Crippen LogP contribution in [-0.4, -0.2) is 16.9 Å². The van der Waals surface area contributed by atoms with Gasteiger partial charge in [0.05, 0.1) is 30.4 Å². The van der Waals surface area contributed by atoms with Crippen molar-refractivity contribution in [3.05, 3.63) is 55.2 Å². The molecule has 1 heterocycles. The number of rotatable bonds is 3. The molecule has 0 bridgehead atoms. The average molecular weight is 478 g/mol. The molecule has 1 aromatic heterocycles. The third kappa shape index (κ3) is 2.91. The number of methoxy groups -OCH3 is 1. The smallest absolute Gasteiger partial charge is 0.118 e. The van der Waals surface area contributed by atoms with Crippen molar-refractivity contribution in [2.75, 3.05) is 7.11 Å². The number of fused-ring (bicyclic) bond motifs is 1. The third-order valence-corrected chi connectivity index (χ3v) is 6.58. The quantitative estimate of drug-likeness (QED) is 0.387. The van der Waals surface area contributed by atoms with Crippen molar-refractivity contribution >= 4 is 61.0 Å². The number of aromatic nitrogens is 2. The SMILES string of the molecule is COc1ccc(Cn2ncc3c(Br)c(I)c(Cl)cc32)cc1. The molecule has 0 aliphatic rings. The Morgan fingerprint density at radius 1 is 1.33 bits per heavy atom. The zero-order valence-electron chi connectivity index (χ0n) is 11.1. The van der Waals surface area contributed by atoms with Crippen LogP contribution in [0.1, 0.15) is 5.56 Å². The fourth-order valence-corrected chi connectivity index (χ4v) is 3.43. The Kier molecular flexibility index (Phi) is 4.42. The molecule has 0 aliphatic carbocycles. The fourth-order valence-electron chi connectivity index (χ4n) is 2.15. The van der Waals surface area contributed by atoms with E-state index in [1.165, 1.54) is 0 Å². The van der Waals surface area contributed by atoms with Gasteiger partial charge in [-0.2, -0.15) is 5.10 Å². The largest absolute Gasteiger partial charge is 0.497 e. The maximum Gasteiger partial charge on any atom is 0.118 e. The van der Waals surface area contributed by atoms with E-state index in [-0.39, 0.29) is 0 Å². The summed E-state index contributed by atoms with van der Waals surface area (Å²) in [6, 6.07) is 9.94. The molecular weight excluding hydrogens is 466 g/mol. The van der Waals surface area contributed by atoms with E-state index in [2.05, 4.69) is 43.6 Å². The van der Waals surface area contributed by atoms with E-state index < -0.39 is 0 Å². The summed E-state index contributed by atoms with van der Waals surface area (Å²) in [6.45, 7) is 0.691. The summed E-state index contributed by atoms with van der Waals surface area (Å²) in [7, 11) is 1.66. The van der Waals surface area contributed by atoms with Crippen LogP contribution in [0, 0.1) is 3.57 Å². The lowest BCUT2D eigenvalue weighted by atomic mass is 10.2. The first-order chi connectivity index (χ1) is 10.1. The van der Waals surface area contributed by atoms with Crippen molar-refractivity contribution in [3.63, 3.8) is 0 Å². The van der Waals surface area contributed by atoms with Crippen molar-refractivity contribution in [2.45, 2.75) is 6.54 Å². The predicted octanol–water partition coefficient (Wildman–Crippen LogP) is 5.11. The van der Waals surface area contributed by atoms with Crippen LogP contribution in [0.5, 0.6) is 5.75 Å². The van der Waals surface area contributed by atoms with Gasteiger partial charge in [0.25, 0.3) is 0 Å². The molecule has 0 radical (unpaired) electrons. The van der Waals surface area contributed by atoms with Gasteiger partial charge in [0, 0.05) is 13.4 Å². The second-order valence-corrected chi connectivity index (χ2v) is 6.85. The molecule has 108 valence electrons. The van der Waals surface area contributed by atoms with E-state index in [4.69, 9.17) is 16.3 Å². The van der Waals surface area contributed by atoms with E-state index in [9.17, 15) is 0 Å². The lowest BCUT2D eigenvalue weighted by Crippen LogP contribution is -2.01. The highest BCUT2D eigenvalue weighted by Crippen LogP contribution is 2.34. The van der Waals surface area contributed by atoms with Gasteiger partial charge in [-0.05, 0) is 62.3 Å². The standard InChI is InChI=1S/C15H11BrClIN2O/c1-21-10-4-2-9(3-5-10)8-20-13-6-12(17)15(18)14(16)11(13)7-19-20/h2-7H,8H2,1H3. The molecule has 3 aromatic rings. The van der Waals surface area contributed by atoms with Gasteiger partial charge in [-0.3, -0.25) is 4.68 Å². The molecule has 0 saturated heterocycles. The summed E-state index contributed by atoms with van der Waals surface area (Å²) in [6.07, 6.45) is 1.86. The van der Waals surface area contributed by atoms with Crippen molar-refractivity contribution < 1.29 is 4.74 Å². The van der Waals surface area contributed by atoms with Gasteiger partial charge in [-0.15, -0.1) is 0 Å². The Morgan fingerprint density at radius 2 is 2.05 bits per heavy atom. The van der Waals surface area contributed by atoms with E-state index >= 15 is 0 Å². The Balaban J connectivity index is 2.01. The van der Waals surface area contributed by atoms with E-state index in [0.717, 1.165) is 35.3 Å². The maximum atomic E-state index is 6.27. The number of hydrogen-bond donors (Lipinski definition) is 0. The molecular formula is C15H11BrClIN2O. The second-order valence-electron chi connectivity index (χ2n) is 4.57. The first kappa shape index (κ1) is 15.1. The molecule has 2 aromatic carbocycles. The minimum atomic E-state index is 0.691. The molecule has 0 unspecified atom stereocenters.